The van der Waals surface area contributed by atoms with Gasteiger partial charge in [-0.15, -0.1) is 0 Å². The zero-order valence-corrected chi connectivity index (χ0v) is 12.4. The van der Waals surface area contributed by atoms with Crippen LogP contribution >= 0.6 is 0 Å². The van der Waals surface area contributed by atoms with Crippen LogP contribution in [0.3, 0.4) is 0 Å². The van der Waals surface area contributed by atoms with Crippen LogP contribution in [0.15, 0.2) is 34.9 Å². The Morgan fingerprint density at radius 2 is 2.10 bits per heavy atom. The van der Waals surface area contributed by atoms with E-state index >= 15 is 0 Å². The van der Waals surface area contributed by atoms with Crippen LogP contribution in [0, 0.1) is 5.92 Å². The molecule has 2 N–H and O–H groups in total. The minimum absolute atomic E-state index is 0.250. The van der Waals surface area contributed by atoms with Gasteiger partial charge in [-0.1, -0.05) is 42.4 Å². The first-order valence-electron chi connectivity index (χ1n) is 7.52. The molecule has 2 unspecified atom stereocenters. The summed E-state index contributed by atoms with van der Waals surface area (Å²) < 4.78 is 5.37. The van der Waals surface area contributed by atoms with Crippen molar-refractivity contribution in [2.24, 2.45) is 11.7 Å². The molecule has 0 aliphatic carbocycles. The van der Waals surface area contributed by atoms with Crippen LogP contribution in [-0.2, 0) is 13.0 Å². The maximum absolute atomic E-state index is 6.07. The van der Waals surface area contributed by atoms with E-state index in [1.807, 2.05) is 18.2 Å². The third kappa shape index (κ3) is 3.89. The van der Waals surface area contributed by atoms with E-state index in [2.05, 4.69) is 34.1 Å². The fourth-order valence-corrected chi connectivity index (χ4v) is 3.04. The highest BCUT2D eigenvalue weighted by atomic mass is 16.5. The molecule has 5 nitrogen and oxygen atoms in total. The second-order valence-corrected chi connectivity index (χ2v) is 6.06. The smallest absolute Gasteiger partial charge is 0.240 e. The predicted molar refractivity (Wildman–Crippen MR) is 80.6 cm³/mol. The molecule has 5 heteroatoms. The summed E-state index contributed by atoms with van der Waals surface area (Å²) in [4.78, 5) is 6.79. The lowest BCUT2D eigenvalue weighted by Crippen LogP contribution is -2.45. The number of rotatable bonds is 4. The van der Waals surface area contributed by atoms with Crippen molar-refractivity contribution in [2.75, 3.05) is 13.1 Å². The third-order valence-electron chi connectivity index (χ3n) is 3.84. The molecule has 1 saturated heterocycles. The molecular weight excluding hydrogens is 264 g/mol. The number of nitrogens with two attached hydrogens (primary N) is 1. The Labute approximate surface area is 125 Å². The van der Waals surface area contributed by atoms with Gasteiger partial charge < -0.3 is 10.3 Å². The Kier molecular flexibility index (Phi) is 4.31. The van der Waals surface area contributed by atoms with E-state index in [-0.39, 0.29) is 6.04 Å². The van der Waals surface area contributed by atoms with Crippen LogP contribution in [-0.4, -0.2) is 34.2 Å². The minimum atomic E-state index is 0.250. The number of aromatic nitrogens is 2. The zero-order valence-electron chi connectivity index (χ0n) is 12.4. The van der Waals surface area contributed by atoms with Crippen molar-refractivity contribution >= 4 is 0 Å². The van der Waals surface area contributed by atoms with Crippen molar-refractivity contribution in [3.8, 4) is 0 Å². The van der Waals surface area contributed by atoms with Gasteiger partial charge in [0.1, 0.15) is 0 Å². The summed E-state index contributed by atoms with van der Waals surface area (Å²) >= 11 is 0. The maximum atomic E-state index is 6.07. The minimum Gasteiger partial charge on any atom is -0.338 e. The molecule has 1 aromatic carbocycles. The van der Waals surface area contributed by atoms with Gasteiger partial charge in [-0.05, 0) is 17.9 Å². The molecule has 3 rings (SSSR count). The van der Waals surface area contributed by atoms with Crippen molar-refractivity contribution in [1.29, 1.82) is 0 Å². The van der Waals surface area contributed by atoms with Crippen LogP contribution in [0.2, 0.25) is 0 Å². The summed E-state index contributed by atoms with van der Waals surface area (Å²) in [6.45, 7) is 4.88. The van der Waals surface area contributed by atoms with Crippen molar-refractivity contribution in [3.05, 3.63) is 47.6 Å². The van der Waals surface area contributed by atoms with Gasteiger partial charge in [0.25, 0.3) is 0 Å². The quantitative estimate of drug-likeness (QED) is 0.928. The molecule has 0 bridgehead atoms. The molecule has 1 aliphatic rings. The Hall–Kier alpha value is -1.72. The maximum Gasteiger partial charge on any atom is 0.240 e. The van der Waals surface area contributed by atoms with E-state index in [1.165, 1.54) is 5.56 Å². The number of piperidine rings is 1. The second kappa shape index (κ2) is 6.37. The molecule has 0 amide bonds. The van der Waals surface area contributed by atoms with Crippen molar-refractivity contribution in [3.63, 3.8) is 0 Å². The van der Waals surface area contributed by atoms with E-state index in [0.29, 0.717) is 24.8 Å². The van der Waals surface area contributed by atoms with E-state index in [0.717, 1.165) is 25.3 Å². The number of hydrogen-bond donors (Lipinski definition) is 1. The zero-order chi connectivity index (χ0) is 14.7. The SMILES string of the molecule is CC1CC(N)CN(Cc2nc(Cc3ccccc3)no2)C1. The van der Waals surface area contributed by atoms with Gasteiger partial charge in [-0.3, -0.25) is 4.90 Å². The molecule has 2 atom stereocenters. The lowest BCUT2D eigenvalue weighted by Gasteiger charge is -2.33. The highest BCUT2D eigenvalue weighted by Crippen LogP contribution is 2.17. The Bertz CT molecular complexity index is 559. The fraction of sp³-hybridized carbons (Fsp3) is 0.500. The van der Waals surface area contributed by atoms with Crippen molar-refractivity contribution in [1.82, 2.24) is 15.0 Å². The molecule has 1 aliphatic heterocycles. The van der Waals surface area contributed by atoms with E-state index in [9.17, 15) is 0 Å². The van der Waals surface area contributed by atoms with E-state index in [1.54, 1.807) is 0 Å². The molecule has 0 spiro atoms. The Balaban J connectivity index is 1.60. The Morgan fingerprint density at radius 1 is 1.29 bits per heavy atom. The molecule has 1 aromatic heterocycles. The second-order valence-electron chi connectivity index (χ2n) is 6.06. The molecule has 0 saturated carbocycles. The number of hydrogen-bond acceptors (Lipinski definition) is 5. The van der Waals surface area contributed by atoms with Gasteiger partial charge in [-0.2, -0.15) is 4.98 Å². The Morgan fingerprint density at radius 3 is 2.86 bits per heavy atom. The van der Waals surface area contributed by atoms with Crippen LogP contribution in [0.4, 0.5) is 0 Å². The number of nitrogens with zero attached hydrogens (tertiary/aromatic N) is 3. The third-order valence-corrected chi connectivity index (χ3v) is 3.84. The summed E-state index contributed by atoms with van der Waals surface area (Å²) in [6.07, 6.45) is 1.81. The van der Waals surface area contributed by atoms with Gasteiger partial charge in [0.2, 0.25) is 5.89 Å². The van der Waals surface area contributed by atoms with Gasteiger partial charge in [0.05, 0.1) is 6.54 Å². The van der Waals surface area contributed by atoms with Gasteiger partial charge in [0.15, 0.2) is 5.82 Å². The topological polar surface area (TPSA) is 68.2 Å². The largest absolute Gasteiger partial charge is 0.338 e. The summed E-state index contributed by atoms with van der Waals surface area (Å²) in [5.41, 5.74) is 7.26. The van der Waals surface area contributed by atoms with Crippen LogP contribution < -0.4 is 5.73 Å². The summed E-state index contributed by atoms with van der Waals surface area (Å²) in [5, 5.41) is 4.07. The summed E-state index contributed by atoms with van der Waals surface area (Å²) in [7, 11) is 0. The average molecular weight is 286 g/mol. The first kappa shape index (κ1) is 14.2. The van der Waals surface area contributed by atoms with Crippen molar-refractivity contribution in [2.45, 2.75) is 32.4 Å². The average Bonchev–Trinajstić information content (AvgIpc) is 2.86. The lowest BCUT2D eigenvalue weighted by molar-refractivity contribution is 0.142. The van der Waals surface area contributed by atoms with Crippen LogP contribution in [0.5, 0.6) is 0 Å². The normalized spacial score (nSPS) is 23.3. The van der Waals surface area contributed by atoms with Gasteiger partial charge in [0, 0.05) is 25.6 Å². The van der Waals surface area contributed by atoms with E-state index in [4.69, 9.17) is 10.3 Å². The van der Waals surface area contributed by atoms with Crippen molar-refractivity contribution < 1.29 is 4.52 Å². The molecule has 112 valence electrons. The summed E-state index contributed by atoms with van der Waals surface area (Å²) in [5.74, 6) is 2.05. The lowest BCUT2D eigenvalue weighted by atomic mass is 9.97. The first-order chi connectivity index (χ1) is 10.2. The first-order valence-corrected chi connectivity index (χ1v) is 7.52. The van der Waals surface area contributed by atoms with Gasteiger partial charge >= 0.3 is 0 Å². The van der Waals surface area contributed by atoms with Crippen LogP contribution in [0.1, 0.15) is 30.6 Å². The highest BCUT2D eigenvalue weighted by molar-refractivity contribution is 5.18. The monoisotopic (exact) mass is 286 g/mol. The standard InChI is InChI=1S/C16H22N4O/c1-12-7-14(17)10-20(9-12)11-16-18-15(19-21-16)8-13-5-3-2-4-6-13/h2-6,12,14H,7-11,17H2,1H3. The highest BCUT2D eigenvalue weighted by Gasteiger charge is 2.23. The molecule has 1 fully saturated rings. The van der Waals surface area contributed by atoms with E-state index < -0.39 is 0 Å². The molecular formula is C16H22N4O. The molecule has 0 radical (unpaired) electrons. The predicted octanol–water partition coefficient (Wildman–Crippen LogP) is 1.83. The van der Waals surface area contributed by atoms with Crippen LogP contribution in [0.25, 0.3) is 0 Å². The number of likely N-dealkylation sites (tertiary alicyclic amines) is 1. The fourth-order valence-electron chi connectivity index (χ4n) is 3.04. The number of benzene rings is 1. The van der Waals surface area contributed by atoms with Gasteiger partial charge in [-0.25, -0.2) is 0 Å². The molecule has 21 heavy (non-hydrogen) atoms. The molecule has 2 aromatic rings. The molecule has 2 heterocycles. The summed E-state index contributed by atoms with van der Waals surface area (Å²) in [6, 6.07) is 10.4.